The molecule has 2 heterocycles. The van der Waals surface area contributed by atoms with Gasteiger partial charge in [0.15, 0.2) is 0 Å². The highest BCUT2D eigenvalue weighted by Gasteiger charge is 2.30. The lowest BCUT2D eigenvalue weighted by molar-refractivity contribution is -0.137. The van der Waals surface area contributed by atoms with Gasteiger partial charge in [0.1, 0.15) is 10.6 Å². The van der Waals surface area contributed by atoms with Crippen LogP contribution in [0.4, 0.5) is 13.2 Å². The van der Waals surface area contributed by atoms with E-state index < -0.39 is 11.7 Å². The van der Waals surface area contributed by atoms with Gasteiger partial charge in [-0.3, -0.25) is 0 Å². The molecule has 3 nitrogen and oxygen atoms in total. The molecular weight excluding hydrogens is 325 g/mol. The summed E-state index contributed by atoms with van der Waals surface area (Å²) >= 11 is 7.16. The van der Waals surface area contributed by atoms with Gasteiger partial charge in [-0.1, -0.05) is 0 Å². The van der Waals surface area contributed by atoms with Crippen molar-refractivity contribution < 1.29 is 17.9 Å². The van der Waals surface area contributed by atoms with Crippen LogP contribution in [0.25, 0.3) is 10.2 Å². The average molecular weight is 331 g/mol. The Morgan fingerprint density at radius 1 is 1.05 bits per heavy atom. The SMILES string of the molecule is FC(F)(F)c1ccc(Oc2nc(Cl)nc3sccc23)cc1. The summed E-state index contributed by atoms with van der Waals surface area (Å²) in [6.07, 6.45) is -4.38. The van der Waals surface area contributed by atoms with E-state index in [0.717, 1.165) is 12.1 Å². The monoisotopic (exact) mass is 330 g/mol. The van der Waals surface area contributed by atoms with Crippen LogP contribution in [-0.4, -0.2) is 9.97 Å². The Kier molecular flexibility index (Phi) is 3.46. The van der Waals surface area contributed by atoms with Gasteiger partial charge in [-0.25, -0.2) is 4.98 Å². The van der Waals surface area contributed by atoms with Crippen molar-refractivity contribution in [1.82, 2.24) is 9.97 Å². The maximum absolute atomic E-state index is 12.5. The summed E-state index contributed by atoms with van der Waals surface area (Å²) in [5, 5.41) is 2.48. The van der Waals surface area contributed by atoms with Crippen LogP contribution in [0.5, 0.6) is 11.6 Å². The molecule has 0 saturated carbocycles. The van der Waals surface area contributed by atoms with Crippen LogP contribution < -0.4 is 4.74 Å². The number of thiophene rings is 1. The lowest BCUT2D eigenvalue weighted by Crippen LogP contribution is -2.04. The number of halogens is 4. The van der Waals surface area contributed by atoms with Crippen LogP contribution in [0.3, 0.4) is 0 Å². The van der Waals surface area contributed by atoms with Crippen LogP contribution in [0, 0.1) is 0 Å². The summed E-state index contributed by atoms with van der Waals surface area (Å²) < 4.78 is 43.0. The molecular formula is C13H6ClF3N2OS. The van der Waals surface area contributed by atoms with Crippen LogP contribution in [0.15, 0.2) is 35.7 Å². The minimum Gasteiger partial charge on any atom is -0.438 e. The van der Waals surface area contributed by atoms with E-state index in [9.17, 15) is 13.2 Å². The summed E-state index contributed by atoms with van der Waals surface area (Å²) in [5.74, 6) is 0.455. The van der Waals surface area contributed by atoms with Crippen molar-refractivity contribution in [2.75, 3.05) is 0 Å². The molecule has 1 aromatic carbocycles. The third-order valence-electron chi connectivity index (χ3n) is 2.66. The molecule has 0 aliphatic rings. The Hall–Kier alpha value is -1.86. The Balaban J connectivity index is 1.93. The second-order valence-corrected chi connectivity index (χ2v) is 5.29. The Bertz CT molecular complexity index is 786. The number of alkyl halides is 3. The van der Waals surface area contributed by atoms with Crippen molar-refractivity contribution in [1.29, 1.82) is 0 Å². The summed E-state index contributed by atoms with van der Waals surface area (Å²) in [5.41, 5.74) is -0.740. The first-order valence-corrected chi connectivity index (χ1v) is 6.95. The molecule has 108 valence electrons. The van der Waals surface area contributed by atoms with Crippen LogP contribution >= 0.6 is 22.9 Å². The average Bonchev–Trinajstić information content (AvgIpc) is 2.86. The van der Waals surface area contributed by atoms with E-state index in [0.29, 0.717) is 10.2 Å². The molecule has 0 N–H and O–H groups in total. The van der Waals surface area contributed by atoms with Crippen molar-refractivity contribution in [3.8, 4) is 11.6 Å². The minimum atomic E-state index is -4.38. The van der Waals surface area contributed by atoms with Gasteiger partial charge in [0.25, 0.3) is 0 Å². The van der Waals surface area contributed by atoms with E-state index in [1.54, 1.807) is 11.4 Å². The zero-order chi connectivity index (χ0) is 15.0. The summed E-state index contributed by atoms with van der Waals surface area (Å²) in [7, 11) is 0. The minimum absolute atomic E-state index is 0.0202. The zero-order valence-corrected chi connectivity index (χ0v) is 11.8. The van der Waals surface area contributed by atoms with E-state index in [1.165, 1.54) is 23.5 Å². The highest BCUT2D eigenvalue weighted by atomic mass is 35.5. The molecule has 0 saturated heterocycles. The number of hydrogen-bond acceptors (Lipinski definition) is 4. The van der Waals surface area contributed by atoms with Crippen LogP contribution in [0.2, 0.25) is 5.28 Å². The number of rotatable bonds is 2. The summed E-state index contributed by atoms with van der Waals surface area (Å²) in [6.45, 7) is 0. The number of benzene rings is 1. The Labute approximate surface area is 126 Å². The van der Waals surface area contributed by atoms with E-state index in [1.807, 2.05) is 0 Å². The maximum atomic E-state index is 12.5. The quantitative estimate of drug-likeness (QED) is 0.609. The first-order valence-electron chi connectivity index (χ1n) is 5.69. The molecule has 0 atom stereocenters. The second-order valence-electron chi connectivity index (χ2n) is 4.06. The summed E-state index contributed by atoms with van der Waals surface area (Å²) in [6, 6.07) is 6.12. The number of nitrogens with zero attached hydrogens (tertiary/aromatic N) is 2. The van der Waals surface area contributed by atoms with Gasteiger partial charge < -0.3 is 4.74 Å². The molecule has 0 aliphatic heterocycles. The molecule has 0 spiro atoms. The fourth-order valence-electron chi connectivity index (χ4n) is 1.70. The zero-order valence-electron chi connectivity index (χ0n) is 10.2. The predicted molar refractivity (Wildman–Crippen MR) is 73.9 cm³/mol. The maximum Gasteiger partial charge on any atom is 0.416 e. The molecule has 3 rings (SSSR count). The third-order valence-corrected chi connectivity index (χ3v) is 3.63. The smallest absolute Gasteiger partial charge is 0.416 e. The molecule has 3 aromatic rings. The highest BCUT2D eigenvalue weighted by Crippen LogP contribution is 2.33. The van der Waals surface area contributed by atoms with Gasteiger partial charge >= 0.3 is 6.18 Å². The van der Waals surface area contributed by atoms with E-state index in [2.05, 4.69) is 9.97 Å². The topological polar surface area (TPSA) is 35.0 Å². The number of aromatic nitrogens is 2. The molecule has 21 heavy (non-hydrogen) atoms. The Morgan fingerprint density at radius 2 is 1.76 bits per heavy atom. The van der Waals surface area contributed by atoms with E-state index in [-0.39, 0.29) is 16.9 Å². The van der Waals surface area contributed by atoms with Crippen LogP contribution in [-0.2, 0) is 6.18 Å². The molecule has 0 unspecified atom stereocenters. The molecule has 0 amide bonds. The van der Waals surface area contributed by atoms with Gasteiger partial charge in [-0.15, -0.1) is 11.3 Å². The second kappa shape index (κ2) is 5.16. The van der Waals surface area contributed by atoms with E-state index in [4.69, 9.17) is 16.3 Å². The normalized spacial score (nSPS) is 11.8. The molecule has 0 radical (unpaired) electrons. The largest absolute Gasteiger partial charge is 0.438 e. The van der Waals surface area contributed by atoms with Crippen molar-refractivity contribution in [2.45, 2.75) is 6.18 Å². The lowest BCUT2D eigenvalue weighted by atomic mass is 10.2. The van der Waals surface area contributed by atoms with Crippen LogP contribution in [0.1, 0.15) is 5.56 Å². The number of hydrogen-bond donors (Lipinski definition) is 0. The van der Waals surface area contributed by atoms with Gasteiger partial charge in [0.2, 0.25) is 11.2 Å². The van der Waals surface area contributed by atoms with E-state index >= 15 is 0 Å². The first-order chi connectivity index (χ1) is 9.93. The fraction of sp³-hybridized carbons (Fsp3) is 0.0769. The van der Waals surface area contributed by atoms with Gasteiger partial charge in [-0.05, 0) is 47.3 Å². The van der Waals surface area contributed by atoms with Crippen molar-refractivity contribution in [2.24, 2.45) is 0 Å². The lowest BCUT2D eigenvalue weighted by Gasteiger charge is -2.09. The highest BCUT2D eigenvalue weighted by molar-refractivity contribution is 7.16. The molecule has 0 bridgehead atoms. The number of fused-ring (bicyclic) bond motifs is 1. The Morgan fingerprint density at radius 3 is 2.43 bits per heavy atom. The van der Waals surface area contributed by atoms with Gasteiger partial charge in [0.05, 0.1) is 10.9 Å². The number of ether oxygens (including phenoxy) is 1. The first kappa shape index (κ1) is 14.1. The van der Waals surface area contributed by atoms with Crippen molar-refractivity contribution in [3.05, 3.63) is 46.6 Å². The van der Waals surface area contributed by atoms with Crippen molar-refractivity contribution in [3.63, 3.8) is 0 Å². The third kappa shape index (κ3) is 2.93. The molecule has 2 aromatic heterocycles. The predicted octanol–water partition coefficient (Wildman–Crippen LogP) is 5.16. The molecule has 0 aliphatic carbocycles. The van der Waals surface area contributed by atoms with Gasteiger partial charge in [-0.2, -0.15) is 18.2 Å². The standard InChI is InChI=1S/C13H6ClF3N2OS/c14-12-18-10(9-5-6-21-11(9)19-12)20-8-3-1-7(2-4-8)13(15,16)17/h1-6H. The molecule has 8 heteroatoms. The molecule has 0 fully saturated rings. The fourth-order valence-corrected chi connectivity index (χ4v) is 2.67. The summed E-state index contributed by atoms with van der Waals surface area (Å²) in [4.78, 5) is 8.63. The van der Waals surface area contributed by atoms with Gasteiger partial charge in [0, 0.05) is 0 Å². The van der Waals surface area contributed by atoms with Crippen molar-refractivity contribution >= 4 is 33.2 Å².